The molecule has 42 heavy (non-hydrogen) atoms. The molecule has 0 aromatic heterocycles. The second-order valence-corrected chi connectivity index (χ2v) is 11.8. The number of ether oxygens (including phenoxy) is 2. The molecule has 1 rings (SSSR count). The fourth-order valence-corrected chi connectivity index (χ4v) is 5.24. The Bertz CT molecular complexity index is 870. The molecule has 0 heterocycles. The second kappa shape index (κ2) is 24.5. The summed E-state index contributed by atoms with van der Waals surface area (Å²) in [5.74, 6) is -1.58. The van der Waals surface area contributed by atoms with Gasteiger partial charge in [0.25, 0.3) is 10.5 Å². The van der Waals surface area contributed by atoms with E-state index in [9.17, 15) is 19.2 Å². The lowest BCUT2D eigenvalue weighted by atomic mass is 9.99. The van der Waals surface area contributed by atoms with E-state index in [-0.39, 0.29) is 35.5 Å². The SMILES string of the molecule is CCCCCCCCCCCCOC(=O)c1cc(C(=O)Cl)c(C(=O)OCCCCCCCCCCCC)cc1C(=O)Cl. The van der Waals surface area contributed by atoms with Gasteiger partial charge >= 0.3 is 11.9 Å². The molecule has 0 spiro atoms. The monoisotopic (exact) mass is 626 g/mol. The van der Waals surface area contributed by atoms with Crippen LogP contribution in [-0.4, -0.2) is 35.6 Å². The van der Waals surface area contributed by atoms with Crippen molar-refractivity contribution in [3.63, 3.8) is 0 Å². The van der Waals surface area contributed by atoms with Crippen LogP contribution >= 0.6 is 23.2 Å². The Morgan fingerprint density at radius 2 is 0.714 bits per heavy atom. The predicted molar refractivity (Wildman–Crippen MR) is 171 cm³/mol. The number of carbonyl (C=O) groups excluding carboxylic acids is 4. The normalized spacial score (nSPS) is 11.0. The first-order valence-electron chi connectivity index (χ1n) is 16.2. The highest BCUT2D eigenvalue weighted by molar-refractivity contribution is 6.69. The summed E-state index contributed by atoms with van der Waals surface area (Å²) in [6.07, 6.45) is 22.9. The van der Waals surface area contributed by atoms with Gasteiger partial charge in [-0.2, -0.15) is 0 Å². The van der Waals surface area contributed by atoms with E-state index in [2.05, 4.69) is 13.8 Å². The first-order valence-corrected chi connectivity index (χ1v) is 17.0. The minimum Gasteiger partial charge on any atom is -0.462 e. The fourth-order valence-electron chi connectivity index (χ4n) is 4.93. The molecule has 1 aromatic rings. The summed E-state index contributed by atoms with van der Waals surface area (Å²) in [5, 5.41) is -1.89. The summed E-state index contributed by atoms with van der Waals surface area (Å²) >= 11 is 11.5. The van der Waals surface area contributed by atoms with Gasteiger partial charge in [-0.1, -0.05) is 129 Å². The van der Waals surface area contributed by atoms with Crippen molar-refractivity contribution >= 4 is 45.6 Å². The van der Waals surface area contributed by atoms with Gasteiger partial charge in [0.05, 0.1) is 24.3 Å². The molecule has 0 aliphatic carbocycles. The van der Waals surface area contributed by atoms with Gasteiger partial charge in [0.15, 0.2) is 0 Å². The maximum absolute atomic E-state index is 12.8. The highest BCUT2D eigenvalue weighted by atomic mass is 35.5. The molecule has 0 aliphatic rings. The summed E-state index contributed by atoms with van der Waals surface area (Å²) in [7, 11) is 0. The fraction of sp³-hybridized carbons (Fsp3) is 0.706. The molecule has 0 saturated heterocycles. The van der Waals surface area contributed by atoms with E-state index in [0.717, 1.165) is 50.7 Å². The van der Waals surface area contributed by atoms with Gasteiger partial charge in [0.1, 0.15) is 0 Å². The zero-order valence-corrected chi connectivity index (χ0v) is 27.4. The molecule has 0 aliphatic heterocycles. The Hall–Kier alpha value is -1.92. The zero-order chi connectivity index (χ0) is 31.0. The molecule has 0 fully saturated rings. The molecule has 238 valence electrons. The van der Waals surface area contributed by atoms with E-state index in [1.165, 1.54) is 77.0 Å². The van der Waals surface area contributed by atoms with Crippen molar-refractivity contribution in [2.45, 2.75) is 142 Å². The Balaban J connectivity index is 2.55. The maximum Gasteiger partial charge on any atom is 0.338 e. The number of rotatable bonds is 26. The molecule has 1 aromatic carbocycles. The summed E-state index contributed by atoms with van der Waals surface area (Å²) in [5.41, 5.74) is -0.843. The molecule has 8 heteroatoms. The van der Waals surface area contributed by atoms with Crippen molar-refractivity contribution in [2.24, 2.45) is 0 Å². The summed E-state index contributed by atoms with van der Waals surface area (Å²) in [6.45, 7) is 4.78. The average molecular weight is 628 g/mol. The van der Waals surface area contributed by atoms with Gasteiger partial charge in [-0.05, 0) is 48.2 Å². The number of hydrogen-bond donors (Lipinski definition) is 0. The predicted octanol–water partition coefficient (Wildman–Crippen LogP) is 10.6. The van der Waals surface area contributed by atoms with Crippen LogP contribution in [0.1, 0.15) is 184 Å². The van der Waals surface area contributed by atoms with Crippen LogP contribution in [0.2, 0.25) is 0 Å². The Kier molecular flexibility index (Phi) is 22.2. The van der Waals surface area contributed by atoms with E-state index >= 15 is 0 Å². The van der Waals surface area contributed by atoms with E-state index in [4.69, 9.17) is 32.7 Å². The van der Waals surface area contributed by atoms with Gasteiger partial charge < -0.3 is 9.47 Å². The molecule has 0 radical (unpaired) electrons. The topological polar surface area (TPSA) is 86.7 Å². The van der Waals surface area contributed by atoms with Crippen molar-refractivity contribution in [1.29, 1.82) is 0 Å². The third kappa shape index (κ3) is 16.6. The number of hydrogen-bond acceptors (Lipinski definition) is 6. The average Bonchev–Trinajstić information content (AvgIpc) is 2.97. The van der Waals surface area contributed by atoms with Crippen molar-refractivity contribution in [1.82, 2.24) is 0 Å². The highest BCUT2D eigenvalue weighted by Gasteiger charge is 2.26. The van der Waals surface area contributed by atoms with Crippen molar-refractivity contribution in [3.05, 3.63) is 34.4 Å². The van der Waals surface area contributed by atoms with Crippen molar-refractivity contribution in [2.75, 3.05) is 13.2 Å². The van der Waals surface area contributed by atoms with E-state index in [1.54, 1.807) is 0 Å². The third-order valence-corrected chi connectivity index (χ3v) is 7.89. The number of carbonyl (C=O) groups is 4. The van der Waals surface area contributed by atoms with Crippen molar-refractivity contribution < 1.29 is 28.7 Å². The molecule has 0 unspecified atom stereocenters. The number of benzene rings is 1. The molecule has 0 amide bonds. The van der Waals surface area contributed by atoms with Gasteiger partial charge in [-0.3, -0.25) is 9.59 Å². The number of halogens is 2. The van der Waals surface area contributed by atoms with E-state index < -0.39 is 22.4 Å². The maximum atomic E-state index is 12.8. The Morgan fingerprint density at radius 3 is 0.976 bits per heavy atom. The molecule has 0 atom stereocenters. The number of unbranched alkanes of at least 4 members (excludes halogenated alkanes) is 18. The van der Waals surface area contributed by atoms with E-state index in [0.29, 0.717) is 12.8 Å². The van der Waals surface area contributed by atoms with Crippen LogP contribution in [0.3, 0.4) is 0 Å². The van der Waals surface area contributed by atoms with Gasteiger partial charge in [-0.25, -0.2) is 9.59 Å². The lowest BCUT2D eigenvalue weighted by Gasteiger charge is -2.12. The zero-order valence-electron chi connectivity index (χ0n) is 25.9. The van der Waals surface area contributed by atoms with Crippen LogP contribution in [-0.2, 0) is 9.47 Å². The molecule has 0 bridgehead atoms. The van der Waals surface area contributed by atoms with Crippen LogP contribution in [0.15, 0.2) is 12.1 Å². The summed E-state index contributed by atoms with van der Waals surface area (Å²) < 4.78 is 10.7. The smallest absolute Gasteiger partial charge is 0.338 e. The summed E-state index contributed by atoms with van der Waals surface area (Å²) in [4.78, 5) is 49.8. The van der Waals surface area contributed by atoms with Crippen LogP contribution in [0.25, 0.3) is 0 Å². The second-order valence-electron chi connectivity index (χ2n) is 11.1. The Morgan fingerprint density at radius 1 is 0.452 bits per heavy atom. The van der Waals surface area contributed by atoms with Gasteiger partial charge in [-0.15, -0.1) is 0 Å². The van der Waals surface area contributed by atoms with E-state index in [1.807, 2.05) is 0 Å². The van der Waals surface area contributed by atoms with Crippen LogP contribution in [0.4, 0.5) is 0 Å². The molecule has 0 saturated carbocycles. The van der Waals surface area contributed by atoms with Crippen LogP contribution < -0.4 is 0 Å². The molecular formula is C34H52Cl2O6. The van der Waals surface area contributed by atoms with Gasteiger partial charge in [0, 0.05) is 11.1 Å². The molecule has 0 N–H and O–H groups in total. The van der Waals surface area contributed by atoms with Gasteiger partial charge in [0.2, 0.25) is 0 Å². The standard InChI is InChI=1S/C34H52Cl2O6/c1-3-5-7-9-11-13-15-17-19-21-23-41-33(39)29-25-28(32(36)38)30(26-27(29)31(35)37)34(40)42-24-22-20-18-16-14-12-10-8-6-4-2/h25-26H,3-24H2,1-2H3. The lowest BCUT2D eigenvalue weighted by Crippen LogP contribution is -2.17. The van der Waals surface area contributed by atoms with Crippen LogP contribution in [0, 0.1) is 0 Å². The minimum atomic E-state index is -0.946. The van der Waals surface area contributed by atoms with Crippen molar-refractivity contribution in [3.8, 4) is 0 Å². The minimum absolute atomic E-state index is 0.179. The highest BCUT2D eigenvalue weighted by Crippen LogP contribution is 2.23. The largest absolute Gasteiger partial charge is 0.462 e. The molecular weight excluding hydrogens is 575 g/mol. The molecule has 6 nitrogen and oxygen atoms in total. The third-order valence-electron chi connectivity index (χ3n) is 7.48. The first kappa shape index (κ1) is 38.1. The Labute approximate surface area is 263 Å². The first-order chi connectivity index (χ1) is 20.3. The quantitative estimate of drug-likeness (QED) is 0.0577. The van der Waals surface area contributed by atoms with Crippen LogP contribution in [0.5, 0.6) is 0 Å². The summed E-state index contributed by atoms with van der Waals surface area (Å²) in [6, 6.07) is 2.20. The number of esters is 2. The lowest BCUT2D eigenvalue weighted by molar-refractivity contribution is 0.0480.